The summed E-state index contributed by atoms with van der Waals surface area (Å²) in [5.74, 6) is -0.742. The molecule has 1 amide bonds. The molecule has 19 heavy (non-hydrogen) atoms. The first-order valence-electron chi connectivity index (χ1n) is 5.82. The number of nitrogens with zero attached hydrogens (tertiary/aromatic N) is 1. The standard InChI is InChI=1S/C14H14FN3O/c1-9-6-11(18-13(19)8-16)7-12(15)14(9)10-2-4-17-5-3-10/h2-7H,8,16H2,1H3,(H,18,19). The van der Waals surface area contributed by atoms with Crippen LogP contribution in [0.25, 0.3) is 11.1 Å². The van der Waals surface area contributed by atoms with Gasteiger partial charge in [0.15, 0.2) is 0 Å². The molecule has 0 unspecified atom stereocenters. The van der Waals surface area contributed by atoms with Crippen molar-refractivity contribution in [3.8, 4) is 11.1 Å². The van der Waals surface area contributed by atoms with E-state index in [9.17, 15) is 9.18 Å². The first-order chi connectivity index (χ1) is 9.11. The Labute approximate surface area is 110 Å². The maximum atomic E-state index is 14.1. The number of hydrogen-bond acceptors (Lipinski definition) is 3. The van der Waals surface area contributed by atoms with E-state index in [2.05, 4.69) is 10.3 Å². The molecule has 0 saturated heterocycles. The van der Waals surface area contributed by atoms with Crippen molar-refractivity contribution in [1.82, 2.24) is 4.98 Å². The van der Waals surface area contributed by atoms with Gasteiger partial charge in [0.1, 0.15) is 5.82 Å². The highest BCUT2D eigenvalue weighted by Gasteiger charge is 2.11. The Bertz CT molecular complexity index is 576. The van der Waals surface area contributed by atoms with Crippen LogP contribution in [0.2, 0.25) is 0 Å². The lowest BCUT2D eigenvalue weighted by atomic mass is 10.0. The predicted molar refractivity (Wildman–Crippen MR) is 72.1 cm³/mol. The van der Waals surface area contributed by atoms with E-state index in [4.69, 9.17) is 5.73 Å². The third-order valence-corrected chi connectivity index (χ3v) is 2.73. The molecule has 0 aliphatic carbocycles. The predicted octanol–water partition coefficient (Wildman–Crippen LogP) is 2.09. The fourth-order valence-electron chi connectivity index (χ4n) is 1.91. The van der Waals surface area contributed by atoms with E-state index in [1.807, 2.05) is 0 Å². The number of hydrogen-bond donors (Lipinski definition) is 2. The fourth-order valence-corrected chi connectivity index (χ4v) is 1.91. The van der Waals surface area contributed by atoms with E-state index >= 15 is 0 Å². The van der Waals surface area contributed by atoms with Gasteiger partial charge in [-0.05, 0) is 42.3 Å². The smallest absolute Gasteiger partial charge is 0.238 e. The quantitative estimate of drug-likeness (QED) is 0.886. The summed E-state index contributed by atoms with van der Waals surface area (Å²) in [6.07, 6.45) is 3.22. The van der Waals surface area contributed by atoms with E-state index in [-0.39, 0.29) is 12.5 Å². The van der Waals surface area contributed by atoms with Crippen LogP contribution in [-0.4, -0.2) is 17.4 Å². The Morgan fingerprint density at radius 2 is 2.05 bits per heavy atom. The lowest BCUT2D eigenvalue weighted by Gasteiger charge is -2.11. The molecule has 98 valence electrons. The number of carbonyl (C=O) groups excluding carboxylic acids is 1. The van der Waals surface area contributed by atoms with Crippen LogP contribution >= 0.6 is 0 Å². The maximum absolute atomic E-state index is 14.1. The molecule has 4 nitrogen and oxygen atoms in total. The Morgan fingerprint density at radius 1 is 1.37 bits per heavy atom. The zero-order valence-corrected chi connectivity index (χ0v) is 10.5. The van der Waals surface area contributed by atoms with Gasteiger partial charge in [-0.15, -0.1) is 0 Å². The number of carbonyl (C=O) groups is 1. The van der Waals surface area contributed by atoms with Gasteiger partial charge in [0.25, 0.3) is 0 Å². The lowest BCUT2D eigenvalue weighted by molar-refractivity contribution is -0.114. The van der Waals surface area contributed by atoms with Crippen LogP contribution in [-0.2, 0) is 4.79 Å². The second-order valence-electron chi connectivity index (χ2n) is 4.14. The molecule has 0 atom stereocenters. The SMILES string of the molecule is Cc1cc(NC(=O)CN)cc(F)c1-c1ccncc1. The number of pyridine rings is 1. The minimum Gasteiger partial charge on any atom is -0.325 e. The summed E-state index contributed by atoms with van der Waals surface area (Å²) in [4.78, 5) is 15.1. The summed E-state index contributed by atoms with van der Waals surface area (Å²) in [6.45, 7) is 1.66. The molecule has 1 aromatic carbocycles. The van der Waals surface area contributed by atoms with Crippen LogP contribution in [0.4, 0.5) is 10.1 Å². The van der Waals surface area contributed by atoms with Crippen molar-refractivity contribution in [2.24, 2.45) is 5.73 Å². The van der Waals surface area contributed by atoms with Crippen LogP contribution < -0.4 is 11.1 Å². The van der Waals surface area contributed by atoms with Gasteiger partial charge in [-0.1, -0.05) is 0 Å². The van der Waals surface area contributed by atoms with Crippen molar-refractivity contribution in [2.75, 3.05) is 11.9 Å². The zero-order valence-electron chi connectivity index (χ0n) is 10.5. The Kier molecular flexibility index (Phi) is 3.87. The van der Waals surface area contributed by atoms with Gasteiger partial charge in [-0.25, -0.2) is 4.39 Å². The van der Waals surface area contributed by atoms with Gasteiger partial charge in [0.05, 0.1) is 6.54 Å². The van der Waals surface area contributed by atoms with Crippen molar-refractivity contribution in [2.45, 2.75) is 6.92 Å². The summed E-state index contributed by atoms with van der Waals surface area (Å²) < 4.78 is 14.1. The first kappa shape index (κ1) is 13.2. The molecular formula is C14H14FN3O. The first-order valence-corrected chi connectivity index (χ1v) is 5.82. The zero-order chi connectivity index (χ0) is 13.8. The van der Waals surface area contributed by atoms with Gasteiger partial charge in [-0.2, -0.15) is 0 Å². The topological polar surface area (TPSA) is 68.0 Å². The largest absolute Gasteiger partial charge is 0.325 e. The molecule has 1 aromatic heterocycles. The number of benzene rings is 1. The lowest BCUT2D eigenvalue weighted by Crippen LogP contribution is -2.22. The number of nitrogens with one attached hydrogen (secondary N) is 1. The van der Waals surface area contributed by atoms with Crippen molar-refractivity contribution >= 4 is 11.6 Å². The summed E-state index contributed by atoms with van der Waals surface area (Å²) in [6, 6.07) is 6.48. The molecule has 1 heterocycles. The highest BCUT2D eigenvalue weighted by molar-refractivity contribution is 5.92. The van der Waals surface area contributed by atoms with Gasteiger partial charge < -0.3 is 11.1 Å². The van der Waals surface area contributed by atoms with Crippen LogP contribution in [0.3, 0.4) is 0 Å². The van der Waals surface area contributed by atoms with Crippen LogP contribution in [0, 0.1) is 12.7 Å². The highest BCUT2D eigenvalue weighted by Crippen LogP contribution is 2.28. The number of amides is 1. The van der Waals surface area contributed by atoms with Gasteiger partial charge in [-0.3, -0.25) is 9.78 Å². The third-order valence-electron chi connectivity index (χ3n) is 2.73. The second kappa shape index (κ2) is 5.58. The minimum absolute atomic E-state index is 0.132. The van der Waals surface area contributed by atoms with Gasteiger partial charge in [0.2, 0.25) is 5.91 Å². The number of nitrogens with two attached hydrogens (primary N) is 1. The number of aromatic nitrogens is 1. The monoisotopic (exact) mass is 259 g/mol. The van der Waals surface area contributed by atoms with Crippen molar-refractivity contribution in [3.63, 3.8) is 0 Å². The van der Waals surface area contributed by atoms with Crippen LogP contribution in [0.15, 0.2) is 36.7 Å². The molecule has 0 aliphatic heterocycles. The Morgan fingerprint density at radius 3 is 2.63 bits per heavy atom. The molecule has 0 radical (unpaired) electrons. The normalized spacial score (nSPS) is 10.3. The van der Waals surface area contributed by atoms with E-state index in [1.54, 1.807) is 37.5 Å². The maximum Gasteiger partial charge on any atom is 0.238 e. The fraction of sp³-hybridized carbons (Fsp3) is 0.143. The summed E-state index contributed by atoms with van der Waals surface area (Å²) >= 11 is 0. The molecule has 3 N–H and O–H groups in total. The highest BCUT2D eigenvalue weighted by atomic mass is 19.1. The average Bonchev–Trinajstić information content (AvgIpc) is 2.39. The molecule has 2 rings (SSSR count). The summed E-state index contributed by atoms with van der Waals surface area (Å²) in [7, 11) is 0. The second-order valence-corrected chi connectivity index (χ2v) is 4.14. The molecule has 5 heteroatoms. The minimum atomic E-state index is -0.390. The van der Waals surface area contributed by atoms with E-state index < -0.39 is 5.82 Å². The number of anilines is 1. The number of rotatable bonds is 3. The molecule has 0 aliphatic rings. The third kappa shape index (κ3) is 2.95. The molecule has 0 spiro atoms. The van der Waals surface area contributed by atoms with E-state index in [0.29, 0.717) is 11.3 Å². The molecule has 2 aromatic rings. The summed E-state index contributed by atoms with van der Waals surface area (Å²) in [5, 5.41) is 2.54. The molecular weight excluding hydrogens is 245 g/mol. The van der Waals surface area contributed by atoms with Crippen LogP contribution in [0.5, 0.6) is 0 Å². The number of halogens is 1. The van der Waals surface area contributed by atoms with Gasteiger partial charge in [0, 0.05) is 23.6 Å². The molecule has 0 fully saturated rings. The van der Waals surface area contributed by atoms with E-state index in [1.165, 1.54) is 6.07 Å². The summed E-state index contributed by atoms with van der Waals surface area (Å²) in [5.41, 5.74) is 7.60. The van der Waals surface area contributed by atoms with Gasteiger partial charge >= 0.3 is 0 Å². The molecule has 0 saturated carbocycles. The Hall–Kier alpha value is -2.27. The van der Waals surface area contributed by atoms with E-state index in [0.717, 1.165) is 11.1 Å². The average molecular weight is 259 g/mol. The van der Waals surface area contributed by atoms with Crippen LogP contribution in [0.1, 0.15) is 5.56 Å². The molecule has 0 bridgehead atoms. The van der Waals surface area contributed by atoms with Crippen molar-refractivity contribution in [1.29, 1.82) is 0 Å². The Balaban J connectivity index is 2.41. The number of aryl methyl sites for hydroxylation is 1. The van der Waals surface area contributed by atoms with Crippen molar-refractivity contribution in [3.05, 3.63) is 48.0 Å². The van der Waals surface area contributed by atoms with Crippen molar-refractivity contribution < 1.29 is 9.18 Å².